The van der Waals surface area contributed by atoms with Gasteiger partial charge >= 0.3 is 0 Å². The molecule has 0 saturated heterocycles. The molecule has 0 fully saturated rings. The van der Waals surface area contributed by atoms with Crippen molar-refractivity contribution >= 4 is 29.1 Å². The number of anilines is 1. The summed E-state index contributed by atoms with van der Waals surface area (Å²) in [7, 11) is 0. The van der Waals surface area contributed by atoms with Crippen molar-refractivity contribution in [2.45, 2.75) is 13.8 Å². The Kier molecular flexibility index (Phi) is 5.60. The average Bonchev–Trinajstić information content (AvgIpc) is 2.49. The molecule has 2 aromatic carbocycles. The zero-order valence-electron chi connectivity index (χ0n) is 12.9. The Bertz CT molecular complexity index is 711. The summed E-state index contributed by atoms with van der Waals surface area (Å²) >= 11 is 5.85. The van der Waals surface area contributed by atoms with Crippen LogP contribution in [-0.4, -0.2) is 18.4 Å². The molecule has 0 atom stereocenters. The topological polar surface area (TPSA) is 70.2 Å². The van der Waals surface area contributed by atoms with Crippen LogP contribution in [0.25, 0.3) is 0 Å². The zero-order chi connectivity index (χ0) is 16.8. The Balaban J connectivity index is 1.83. The first kappa shape index (κ1) is 16.8. The van der Waals surface area contributed by atoms with Gasteiger partial charge in [0.05, 0.1) is 12.2 Å². The highest BCUT2D eigenvalue weighted by Crippen LogP contribution is 2.13. The minimum Gasteiger partial charge on any atom is -0.343 e. The van der Waals surface area contributed by atoms with Crippen molar-refractivity contribution in [1.29, 1.82) is 0 Å². The van der Waals surface area contributed by atoms with Crippen LogP contribution in [0.1, 0.15) is 21.5 Å². The van der Waals surface area contributed by atoms with Gasteiger partial charge in [-0.25, -0.2) is 0 Å². The fourth-order valence-electron chi connectivity index (χ4n) is 2.12. The predicted octanol–water partition coefficient (Wildman–Crippen LogP) is 2.83. The van der Waals surface area contributed by atoms with E-state index in [0.29, 0.717) is 16.3 Å². The number of benzene rings is 2. The molecule has 0 aliphatic carbocycles. The Labute approximate surface area is 140 Å². The summed E-state index contributed by atoms with van der Waals surface area (Å²) in [6.45, 7) is 3.72. The number of halogens is 1. The van der Waals surface area contributed by atoms with E-state index in [1.54, 1.807) is 36.4 Å². The van der Waals surface area contributed by atoms with E-state index in [-0.39, 0.29) is 18.4 Å². The lowest BCUT2D eigenvalue weighted by Crippen LogP contribution is -2.39. The molecule has 0 radical (unpaired) electrons. The van der Waals surface area contributed by atoms with Crippen LogP contribution in [0.4, 0.5) is 5.69 Å². The summed E-state index contributed by atoms with van der Waals surface area (Å²) in [6, 6.07) is 12.5. The molecule has 6 heteroatoms. The van der Waals surface area contributed by atoms with Crippen LogP contribution in [-0.2, 0) is 4.79 Å². The van der Waals surface area contributed by atoms with Gasteiger partial charge in [-0.1, -0.05) is 34.9 Å². The van der Waals surface area contributed by atoms with Crippen molar-refractivity contribution in [1.82, 2.24) is 10.7 Å². The summed E-state index contributed by atoms with van der Waals surface area (Å²) in [4.78, 5) is 23.8. The standard InChI is InChI=1S/C17H18ClN3O2/c1-11-6-12(2)8-13(7-11)17(23)19-10-16(22)21-20-15-5-3-4-14(18)9-15/h3-9,20H,10H2,1-2H3,(H,19,23)(H,21,22). The van der Waals surface area contributed by atoms with Gasteiger partial charge in [0, 0.05) is 10.6 Å². The summed E-state index contributed by atoms with van der Waals surface area (Å²) < 4.78 is 0. The van der Waals surface area contributed by atoms with Gasteiger partial charge in [-0.05, 0) is 44.2 Å². The highest BCUT2D eigenvalue weighted by Gasteiger charge is 2.08. The van der Waals surface area contributed by atoms with Crippen LogP contribution >= 0.6 is 11.6 Å². The second-order valence-electron chi connectivity index (χ2n) is 5.24. The van der Waals surface area contributed by atoms with E-state index in [1.807, 2.05) is 19.9 Å². The molecule has 5 nitrogen and oxygen atoms in total. The molecule has 0 aliphatic heterocycles. The minimum atomic E-state index is -0.359. The molecule has 23 heavy (non-hydrogen) atoms. The average molecular weight is 332 g/mol. The van der Waals surface area contributed by atoms with E-state index < -0.39 is 0 Å². The van der Waals surface area contributed by atoms with Crippen molar-refractivity contribution in [3.8, 4) is 0 Å². The van der Waals surface area contributed by atoms with Gasteiger partial charge in [-0.2, -0.15) is 0 Å². The molecule has 0 bridgehead atoms. The SMILES string of the molecule is Cc1cc(C)cc(C(=O)NCC(=O)NNc2cccc(Cl)c2)c1. The van der Waals surface area contributed by atoms with Gasteiger partial charge < -0.3 is 5.32 Å². The molecular formula is C17H18ClN3O2. The highest BCUT2D eigenvalue weighted by molar-refractivity contribution is 6.30. The first-order chi connectivity index (χ1) is 10.9. The number of nitrogens with one attached hydrogen (secondary N) is 3. The van der Waals surface area contributed by atoms with Crippen LogP contribution in [0.5, 0.6) is 0 Å². The number of aryl methyl sites for hydroxylation is 2. The van der Waals surface area contributed by atoms with E-state index in [9.17, 15) is 9.59 Å². The van der Waals surface area contributed by atoms with Gasteiger partial charge in [-0.15, -0.1) is 0 Å². The number of hydrogen-bond acceptors (Lipinski definition) is 3. The number of rotatable bonds is 5. The van der Waals surface area contributed by atoms with E-state index in [1.165, 1.54) is 0 Å². The first-order valence-electron chi connectivity index (χ1n) is 7.11. The number of carbonyl (C=O) groups is 2. The van der Waals surface area contributed by atoms with E-state index in [4.69, 9.17) is 11.6 Å². The molecule has 0 aromatic heterocycles. The smallest absolute Gasteiger partial charge is 0.257 e. The van der Waals surface area contributed by atoms with Gasteiger partial charge in [-0.3, -0.25) is 20.4 Å². The van der Waals surface area contributed by atoms with Crippen molar-refractivity contribution in [2.75, 3.05) is 12.0 Å². The largest absolute Gasteiger partial charge is 0.343 e. The lowest BCUT2D eigenvalue weighted by Gasteiger charge is -2.10. The number of hydrazine groups is 1. The summed E-state index contributed by atoms with van der Waals surface area (Å²) in [5.74, 6) is -0.641. The Morgan fingerprint density at radius 2 is 1.74 bits per heavy atom. The Hall–Kier alpha value is -2.53. The fourth-order valence-corrected chi connectivity index (χ4v) is 2.31. The van der Waals surface area contributed by atoms with Crippen molar-refractivity contribution < 1.29 is 9.59 Å². The first-order valence-corrected chi connectivity index (χ1v) is 7.49. The molecule has 2 amide bonds. The number of amides is 2. The molecule has 0 aliphatic rings. The maximum Gasteiger partial charge on any atom is 0.257 e. The summed E-state index contributed by atoms with van der Waals surface area (Å²) in [6.07, 6.45) is 0. The molecule has 0 unspecified atom stereocenters. The van der Waals surface area contributed by atoms with Crippen molar-refractivity contribution in [3.05, 3.63) is 64.2 Å². The normalized spacial score (nSPS) is 10.0. The van der Waals surface area contributed by atoms with Crippen molar-refractivity contribution in [3.63, 3.8) is 0 Å². The lowest BCUT2D eigenvalue weighted by molar-refractivity contribution is -0.119. The predicted molar refractivity (Wildman–Crippen MR) is 91.5 cm³/mol. The van der Waals surface area contributed by atoms with Crippen LogP contribution in [0.15, 0.2) is 42.5 Å². The Morgan fingerprint density at radius 1 is 1.04 bits per heavy atom. The highest BCUT2D eigenvalue weighted by atomic mass is 35.5. The van der Waals surface area contributed by atoms with Gasteiger partial charge in [0.25, 0.3) is 11.8 Å². The molecule has 0 saturated carbocycles. The number of carbonyl (C=O) groups excluding carboxylic acids is 2. The zero-order valence-corrected chi connectivity index (χ0v) is 13.7. The summed E-state index contributed by atoms with van der Waals surface area (Å²) in [5.41, 5.74) is 8.43. The third-order valence-electron chi connectivity index (χ3n) is 3.06. The van der Waals surface area contributed by atoms with E-state index >= 15 is 0 Å². The molecule has 0 spiro atoms. The second-order valence-corrected chi connectivity index (χ2v) is 5.68. The third kappa shape index (κ3) is 5.30. The molecule has 2 aromatic rings. The lowest BCUT2D eigenvalue weighted by atomic mass is 10.1. The molecular weight excluding hydrogens is 314 g/mol. The molecule has 2 rings (SSSR count). The quantitative estimate of drug-likeness (QED) is 0.738. The number of hydrogen-bond donors (Lipinski definition) is 3. The third-order valence-corrected chi connectivity index (χ3v) is 3.30. The molecule has 0 heterocycles. The molecule has 120 valence electrons. The maximum atomic E-state index is 12.0. The van der Waals surface area contributed by atoms with Gasteiger partial charge in [0.1, 0.15) is 0 Å². The fraction of sp³-hybridized carbons (Fsp3) is 0.176. The summed E-state index contributed by atoms with van der Waals surface area (Å²) in [5, 5.41) is 3.15. The van der Waals surface area contributed by atoms with Crippen LogP contribution in [0.2, 0.25) is 5.02 Å². The van der Waals surface area contributed by atoms with Crippen LogP contribution in [0.3, 0.4) is 0 Å². The Morgan fingerprint density at radius 3 is 2.39 bits per heavy atom. The van der Waals surface area contributed by atoms with Gasteiger partial charge in [0.15, 0.2) is 0 Å². The second kappa shape index (κ2) is 7.65. The van der Waals surface area contributed by atoms with Crippen molar-refractivity contribution in [2.24, 2.45) is 0 Å². The van der Waals surface area contributed by atoms with Crippen LogP contribution in [0, 0.1) is 13.8 Å². The van der Waals surface area contributed by atoms with E-state index in [2.05, 4.69) is 16.2 Å². The van der Waals surface area contributed by atoms with E-state index in [0.717, 1.165) is 11.1 Å². The molecule has 3 N–H and O–H groups in total. The van der Waals surface area contributed by atoms with Crippen LogP contribution < -0.4 is 16.2 Å². The maximum absolute atomic E-state index is 12.0. The monoisotopic (exact) mass is 331 g/mol. The minimum absolute atomic E-state index is 0.126. The van der Waals surface area contributed by atoms with Gasteiger partial charge in [0.2, 0.25) is 0 Å².